The van der Waals surface area contributed by atoms with Gasteiger partial charge in [0.15, 0.2) is 5.65 Å². The van der Waals surface area contributed by atoms with Crippen LogP contribution in [0.1, 0.15) is 19.3 Å². The van der Waals surface area contributed by atoms with Crippen LogP contribution in [-0.2, 0) is 0 Å². The second-order valence-corrected chi connectivity index (χ2v) is 10.3. The molecule has 7 rings (SSSR count). The molecule has 0 amide bonds. The fourth-order valence-corrected chi connectivity index (χ4v) is 6.92. The first-order valence-corrected chi connectivity index (χ1v) is 11.7. The Morgan fingerprint density at radius 2 is 2.10 bits per heavy atom. The first-order valence-electron chi connectivity index (χ1n) is 10.0. The fraction of sp³-hybridized carbons (Fsp3) is 0.182. The van der Waals surface area contributed by atoms with Crippen LogP contribution in [0.2, 0.25) is 0 Å². The van der Waals surface area contributed by atoms with Crippen molar-refractivity contribution in [2.75, 3.05) is 0 Å². The second-order valence-electron chi connectivity index (χ2n) is 7.68. The van der Waals surface area contributed by atoms with E-state index in [1.54, 1.807) is 17.5 Å². The van der Waals surface area contributed by atoms with Crippen LogP contribution in [0.25, 0.3) is 48.9 Å². The topological polar surface area (TPSA) is 71.8 Å². The van der Waals surface area contributed by atoms with Gasteiger partial charge in [0.25, 0.3) is 0 Å². The lowest BCUT2D eigenvalue weighted by Crippen LogP contribution is -2.12. The molecule has 0 radical (unpaired) electrons. The smallest absolute Gasteiger partial charge is 0.159 e. The summed E-state index contributed by atoms with van der Waals surface area (Å²) < 4.78 is 3.18. The van der Waals surface area contributed by atoms with Crippen molar-refractivity contribution in [1.82, 2.24) is 29.8 Å². The number of aromatic amines is 1. The van der Waals surface area contributed by atoms with Gasteiger partial charge in [0.1, 0.15) is 4.83 Å². The molecule has 8 heteroatoms. The van der Waals surface area contributed by atoms with Crippen molar-refractivity contribution in [1.29, 1.82) is 0 Å². The van der Waals surface area contributed by atoms with Gasteiger partial charge >= 0.3 is 0 Å². The summed E-state index contributed by atoms with van der Waals surface area (Å²) in [6.45, 7) is 0. The molecule has 0 aromatic carbocycles. The average molecular weight is 429 g/mol. The highest BCUT2D eigenvalue weighted by molar-refractivity contribution is 8.02. The summed E-state index contributed by atoms with van der Waals surface area (Å²) >= 11 is 3.77. The molecule has 1 saturated carbocycles. The molecule has 0 unspecified atom stereocenters. The van der Waals surface area contributed by atoms with E-state index < -0.39 is 0 Å². The van der Waals surface area contributed by atoms with E-state index in [9.17, 15) is 0 Å². The zero-order valence-electron chi connectivity index (χ0n) is 15.9. The van der Waals surface area contributed by atoms with E-state index >= 15 is 0 Å². The van der Waals surface area contributed by atoms with E-state index in [-0.39, 0.29) is 0 Å². The minimum Gasteiger partial charge on any atom is -0.275 e. The lowest BCUT2D eigenvalue weighted by molar-refractivity contribution is 0.522. The zero-order chi connectivity index (χ0) is 19.7. The van der Waals surface area contributed by atoms with Crippen molar-refractivity contribution in [2.45, 2.75) is 28.7 Å². The normalized spacial score (nSPS) is 14.9. The number of pyridine rings is 3. The van der Waals surface area contributed by atoms with Gasteiger partial charge in [0, 0.05) is 39.4 Å². The van der Waals surface area contributed by atoms with Crippen LogP contribution in [0, 0.1) is 0 Å². The Balaban J connectivity index is 1.50. The highest BCUT2D eigenvalue weighted by Crippen LogP contribution is 2.46. The highest BCUT2D eigenvalue weighted by Gasteiger charge is 2.24. The molecule has 0 atom stereocenters. The molecule has 6 aromatic rings. The van der Waals surface area contributed by atoms with Crippen LogP contribution in [0.5, 0.6) is 0 Å². The number of rotatable bonds is 3. The number of nitrogens with one attached hydrogen (secondary N) is 1. The average Bonchev–Trinajstić information content (AvgIpc) is 3.36. The lowest BCUT2D eigenvalue weighted by Gasteiger charge is -2.23. The number of aromatic nitrogens is 6. The van der Waals surface area contributed by atoms with Gasteiger partial charge in [-0.25, -0.2) is 15.0 Å². The standard InChI is InChI=1S/C22H16N6S2/c1-4-14(5-1)29-22-19-18-15(17-6-8-25-28(17)27-19)10-16(26-21(18)30-22)13-9-12-3-2-7-23-20(12)24-11-13/h2-3,6-11,14,27H,1,4-5H2. The summed E-state index contributed by atoms with van der Waals surface area (Å²) in [4.78, 5) is 15.0. The van der Waals surface area contributed by atoms with Crippen LogP contribution in [0.15, 0.2) is 53.1 Å². The third-order valence-electron chi connectivity index (χ3n) is 5.84. The fourth-order valence-electron chi connectivity index (χ4n) is 4.06. The Kier molecular flexibility index (Phi) is 3.50. The maximum absolute atomic E-state index is 5.06. The molecule has 146 valence electrons. The highest BCUT2D eigenvalue weighted by atomic mass is 32.2. The van der Waals surface area contributed by atoms with Gasteiger partial charge in [-0.3, -0.25) is 5.10 Å². The SMILES string of the molecule is c1cnc2ncc(-c3cc4c5c(n3)sc(SC3CCC3)c5[nH]n3nccc43)cc2c1. The van der Waals surface area contributed by atoms with Crippen LogP contribution in [0.3, 0.4) is 0 Å². The van der Waals surface area contributed by atoms with Crippen molar-refractivity contribution in [3.05, 3.63) is 48.9 Å². The molecule has 6 aromatic heterocycles. The molecule has 1 aliphatic rings. The maximum atomic E-state index is 5.06. The molecule has 6 heterocycles. The summed E-state index contributed by atoms with van der Waals surface area (Å²) in [7, 11) is 0. The molecule has 1 fully saturated rings. The van der Waals surface area contributed by atoms with Gasteiger partial charge in [-0.15, -0.1) is 23.1 Å². The Bertz CT molecular complexity index is 1570. The quantitative estimate of drug-likeness (QED) is 0.393. The molecule has 0 saturated heterocycles. The van der Waals surface area contributed by atoms with Crippen molar-refractivity contribution in [3.8, 4) is 11.3 Å². The van der Waals surface area contributed by atoms with Crippen molar-refractivity contribution >= 4 is 60.8 Å². The van der Waals surface area contributed by atoms with Crippen LogP contribution in [-0.4, -0.2) is 35.0 Å². The van der Waals surface area contributed by atoms with E-state index in [2.05, 4.69) is 32.3 Å². The summed E-state index contributed by atoms with van der Waals surface area (Å²) in [6, 6.07) is 10.3. The first kappa shape index (κ1) is 16.8. The number of nitrogens with zero attached hydrogens (tertiary/aromatic N) is 5. The summed E-state index contributed by atoms with van der Waals surface area (Å²) in [5.74, 6) is 0. The third kappa shape index (κ3) is 2.44. The van der Waals surface area contributed by atoms with Crippen LogP contribution in [0.4, 0.5) is 0 Å². The van der Waals surface area contributed by atoms with Crippen LogP contribution >= 0.6 is 23.1 Å². The Labute approximate surface area is 179 Å². The number of thioether (sulfide) groups is 1. The number of fused-ring (bicyclic) bond motifs is 3. The van der Waals surface area contributed by atoms with Crippen LogP contribution < -0.4 is 0 Å². The zero-order valence-corrected chi connectivity index (χ0v) is 17.5. The molecule has 30 heavy (non-hydrogen) atoms. The predicted molar refractivity (Wildman–Crippen MR) is 122 cm³/mol. The molecule has 0 bridgehead atoms. The van der Waals surface area contributed by atoms with Crippen molar-refractivity contribution in [3.63, 3.8) is 0 Å². The van der Waals surface area contributed by atoms with E-state index in [4.69, 9.17) is 4.98 Å². The predicted octanol–water partition coefficient (Wildman–Crippen LogP) is 5.68. The molecular formula is C22H16N6S2. The Morgan fingerprint density at radius 3 is 3.00 bits per heavy atom. The number of H-pyrrole nitrogens is 1. The molecule has 1 N–H and O–H groups in total. The van der Waals surface area contributed by atoms with Gasteiger partial charge in [-0.2, -0.15) is 9.73 Å². The summed E-state index contributed by atoms with van der Waals surface area (Å²) in [5.41, 5.74) is 4.89. The largest absolute Gasteiger partial charge is 0.275 e. The molecule has 0 spiro atoms. The van der Waals surface area contributed by atoms with E-state index in [1.165, 1.54) is 34.2 Å². The van der Waals surface area contributed by atoms with Gasteiger partial charge in [0.05, 0.1) is 27.1 Å². The van der Waals surface area contributed by atoms with Gasteiger partial charge in [-0.1, -0.05) is 6.42 Å². The van der Waals surface area contributed by atoms with Crippen molar-refractivity contribution < 1.29 is 0 Å². The Hall–Kier alpha value is -2.97. The van der Waals surface area contributed by atoms with Gasteiger partial charge in [0.2, 0.25) is 0 Å². The second kappa shape index (κ2) is 6.26. The molecule has 6 nitrogen and oxygen atoms in total. The van der Waals surface area contributed by atoms with Gasteiger partial charge in [-0.05, 0) is 43.2 Å². The van der Waals surface area contributed by atoms with Gasteiger partial charge < -0.3 is 0 Å². The molecular weight excluding hydrogens is 412 g/mol. The van der Waals surface area contributed by atoms with E-state index in [1.807, 2.05) is 47.0 Å². The number of thiophene rings is 1. The summed E-state index contributed by atoms with van der Waals surface area (Å²) in [6.07, 6.45) is 9.41. The third-order valence-corrected chi connectivity index (χ3v) is 8.48. The van der Waals surface area contributed by atoms with Crippen molar-refractivity contribution in [2.24, 2.45) is 0 Å². The van der Waals surface area contributed by atoms with E-state index in [0.29, 0.717) is 0 Å². The molecule has 1 aliphatic carbocycles. The minimum absolute atomic E-state index is 0.718. The Morgan fingerprint density at radius 1 is 1.13 bits per heavy atom. The summed E-state index contributed by atoms with van der Waals surface area (Å²) in [5, 5.41) is 12.1. The first-order chi connectivity index (χ1) is 14.8. The van der Waals surface area contributed by atoms with E-state index in [0.717, 1.165) is 43.4 Å². The number of hydrogen-bond donors (Lipinski definition) is 1. The number of hydrogen-bond acceptors (Lipinski definition) is 6. The lowest BCUT2D eigenvalue weighted by atomic mass is 10.0. The minimum atomic E-state index is 0.718. The monoisotopic (exact) mass is 428 g/mol. The maximum Gasteiger partial charge on any atom is 0.159 e. The molecule has 0 aliphatic heterocycles.